The van der Waals surface area contributed by atoms with Crippen molar-refractivity contribution in [2.45, 2.75) is 39.2 Å². The van der Waals surface area contributed by atoms with Crippen LogP contribution >= 0.6 is 0 Å². The standard InChI is InChI=1S/C19H21NO6/c1-11(2)20-17(21)9-25-18(22)10-24-12-6-7-14-13-4-3-5-15(13)19(23)26-16(14)8-12/h6-8,11H,3-5,9-10H2,1-2H3,(H,20,21). The van der Waals surface area contributed by atoms with Gasteiger partial charge in [-0.3, -0.25) is 4.79 Å². The van der Waals surface area contributed by atoms with E-state index < -0.39 is 5.97 Å². The third kappa shape index (κ3) is 4.04. The number of carbonyl (C=O) groups excluding carboxylic acids is 2. The summed E-state index contributed by atoms with van der Waals surface area (Å²) in [5, 5.41) is 3.52. The molecule has 138 valence electrons. The van der Waals surface area contributed by atoms with Crippen molar-refractivity contribution in [3.8, 4) is 5.75 Å². The summed E-state index contributed by atoms with van der Waals surface area (Å²) in [6.45, 7) is 2.95. The summed E-state index contributed by atoms with van der Waals surface area (Å²) < 4.78 is 15.6. The number of hydrogen-bond acceptors (Lipinski definition) is 6. The van der Waals surface area contributed by atoms with Crippen LogP contribution in [0.4, 0.5) is 0 Å². The largest absolute Gasteiger partial charge is 0.482 e. The van der Waals surface area contributed by atoms with Gasteiger partial charge in [-0.15, -0.1) is 0 Å². The monoisotopic (exact) mass is 359 g/mol. The van der Waals surface area contributed by atoms with Gasteiger partial charge in [-0.25, -0.2) is 9.59 Å². The molecule has 1 aliphatic carbocycles. The topological polar surface area (TPSA) is 94.8 Å². The van der Waals surface area contributed by atoms with Crippen molar-refractivity contribution >= 4 is 22.8 Å². The minimum absolute atomic E-state index is 0.0221. The second kappa shape index (κ2) is 7.59. The van der Waals surface area contributed by atoms with E-state index in [-0.39, 0.29) is 30.8 Å². The summed E-state index contributed by atoms with van der Waals surface area (Å²) in [4.78, 5) is 35.1. The highest BCUT2D eigenvalue weighted by Gasteiger charge is 2.19. The first kappa shape index (κ1) is 18.0. The van der Waals surface area contributed by atoms with E-state index in [2.05, 4.69) is 5.32 Å². The number of nitrogens with one attached hydrogen (secondary N) is 1. The van der Waals surface area contributed by atoms with Gasteiger partial charge in [0.2, 0.25) is 0 Å². The van der Waals surface area contributed by atoms with E-state index >= 15 is 0 Å². The third-order valence-corrected chi connectivity index (χ3v) is 4.12. The second-order valence-electron chi connectivity index (χ2n) is 6.53. The molecular formula is C19H21NO6. The maximum Gasteiger partial charge on any atom is 0.344 e. The van der Waals surface area contributed by atoms with Gasteiger partial charge in [0, 0.05) is 23.1 Å². The summed E-state index contributed by atoms with van der Waals surface area (Å²) in [7, 11) is 0. The zero-order valence-corrected chi connectivity index (χ0v) is 14.8. The molecule has 0 fully saturated rings. The zero-order chi connectivity index (χ0) is 18.7. The van der Waals surface area contributed by atoms with Crippen molar-refractivity contribution in [1.82, 2.24) is 5.32 Å². The number of amides is 1. The molecule has 3 rings (SSSR count). The molecule has 0 unspecified atom stereocenters. The van der Waals surface area contributed by atoms with E-state index in [1.54, 1.807) is 12.1 Å². The van der Waals surface area contributed by atoms with Crippen molar-refractivity contribution in [2.24, 2.45) is 0 Å². The number of rotatable bonds is 6. The van der Waals surface area contributed by atoms with Crippen LogP contribution in [0.1, 0.15) is 31.4 Å². The van der Waals surface area contributed by atoms with Crippen LogP contribution in [0, 0.1) is 0 Å². The van der Waals surface area contributed by atoms with Crippen molar-refractivity contribution in [3.05, 3.63) is 39.7 Å². The molecule has 1 amide bonds. The van der Waals surface area contributed by atoms with Gasteiger partial charge < -0.3 is 19.2 Å². The molecule has 0 saturated heterocycles. The number of esters is 1. The molecule has 0 saturated carbocycles. The zero-order valence-electron chi connectivity index (χ0n) is 14.8. The van der Waals surface area contributed by atoms with Crippen LogP contribution in [0.2, 0.25) is 0 Å². The molecule has 1 N–H and O–H groups in total. The Labute approximate surface area is 150 Å². The minimum atomic E-state index is -0.653. The van der Waals surface area contributed by atoms with Gasteiger partial charge in [-0.2, -0.15) is 0 Å². The Morgan fingerprint density at radius 2 is 1.96 bits per heavy atom. The predicted molar refractivity (Wildman–Crippen MR) is 94.2 cm³/mol. The molecule has 0 atom stereocenters. The average Bonchev–Trinajstić information content (AvgIpc) is 3.08. The van der Waals surface area contributed by atoms with Crippen LogP contribution in [-0.4, -0.2) is 31.1 Å². The van der Waals surface area contributed by atoms with Crippen LogP contribution in [0.5, 0.6) is 5.75 Å². The number of benzene rings is 1. The third-order valence-electron chi connectivity index (χ3n) is 4.12. The molecular weight excluding hydrogens is 338 g/mol. The SMILES string of the molecule is CC(C)NC(=O)COC(=O)COc1ccc2c3c(c(=O)oc2c1)CCC3. The smallest absolute Gasteiger partial charge is 0.344 e. The molecule has 26 heavy (non-hydrogen) atoms. The maximum atomic E-state index is 12.0. The quantitative estimate of drug-likeness (QED) is 0.623. The number of aryl methyl sites for hydroxylation is 1. The Bertz CT molecular complexity index is 899. The lowest BCUT2D eigenvalue weighted by Crippen LogP contribution is -2.34. The van der Waals surface area contributed by atoms with E-state index in [1.807, 2.05) is 19.9 Å². The summed E-state index contributed by atoms with van der Waals surface area (Å²) in [6, 6.07) is 5.12. The summed E-state index contributed by atoms with van der Waals surface area (Å²) in [5.41, 5.74) is 1.93. The molecule has 1 aromatic heterocycles. The molecule has 1 heterocycles. The fourth-order valence-corrected chi connectivity index (χ4v) is 3.05. The van der Waals surface area contributed by atoms with E-state index in [0.717, 1.165) is 35.8 Å². The Morgan fingerprint density at radius 1 is 1.19 bits per heavy atom. The van der Waals surface area contributed by atoms with E-state index in [0.29, 0.717) is 11.3 Å². The summed E-state index contributed by atoms with van der Waals surface area (Å²) >= 11 is 0. The molecule has 0 spiro atoms. The van der Waals surface area contributed by atoms with Crippen LogP contribution < -0.4 is 15.7 Å². The Hall–Kier alpha value is -2.83. The van der Waals surface area contributed by atoms with Crippen molar-refractivity contribution in [3.63, 3.8) is 0 Å². The highest BCUT2D eigenvalue weighted by atomic mass is 16.6. The van der Waals surface area contributed by atoms with Crippen LogP contribution in [0.15, 0.2) is 27.4 Å². The van der Waals surface area contributed by atoms with Gasteiger partial charge in [-0.1, -0.05) is 0 Å². The number of ether oxygens (including phenoxy) is 2. The normalized spacial score (nSPS) is 12.9. The van der Waals surface area contributed by atoms with Gasteiger partial charge in [0.15, 0.2) is 13.2 Å². The lowest BCUT2D eigenvalue weighted by atomic mass is 10.1. The number of carbonyl (C=O) groups is 2. The van der Waals surface area contributed by atoms with Gasteiger partial charge in [-0.05, 0) is 50.8 Å². The maximum absolute atomic E-state index is 12.0. The van der Waals surface area contributed by atoms with Crippen LogP contribution in [0.25, 0.3) is 11.0 Å². The highest BCUT2D eigenvalue weighted by Crippen LogP contribution is 2.29. The molecule has 0 aliphatic heterocycles. The van der Waals surface area contributed by atoms with Gasteiger partial charge in [0.1, 0.15) is 11.3 Å². The van der Waals surface area contributed by atoms with Gasteiger partial charge in [0.05, 0.1) is 0 Å². The van der Waals surface area contributed by atoms with E-state index in [1.165, 1.54) is 0 Å². The fourth-order valence-electron chi connectivity index (χ4n) is 3.05. The Morgan fingerprint density at radius 3 is 2.73 bits per heavy atom. The van der Waals surface area contributed by atoms with E-state index in [4.69, 9.17) is 13.9 Å². The summed E-state index contributed by atoms with van der Waals surface area (Å²) in [6.07, 6.45) is 2.57. The van der Waals surface area contributed by atoms with E-state index in [9.17, 15) is 14.4 Å². The van der Waals surface area contributed by atoms with Crippen molar-refractivity contribution < 1.29 is 23.5 Å². The molecule has 0 radical (unpaired) electrons. The highest BCUT2D eigenvalue weighted by molar-refractivity contribution is 5.83. The average molecular weight is 359 g/mol. The second-order valence-corrected chi connectivity index (χ2v) is 6.53. The summed E-state index contributed by atoms with van der Waals surface area (Å²) in [5.74, 6) is -0.628. The minimum Gasteiger partial charge on any atom is -0.482 e. The number of hydrogen-bond donors (Lipinski definition) is 1. The van der Waals surface area contributed by atoms with Crippen LogP contribution in [0.3, 0.4) is 0 Å². The first-order valence-electron chi connectivity index (χ1n) is 8.60. The lowest BCUT2D eigenvalue weighted by Gasteiger charge is -2.10. The van der Waals surface area contributed by atoms with Crippen LogP contribution in [-0.2, 0) is 27.2 Å². The van der Waals surface area contributed by atoms with Crippen molar-refractivity contribution in [1.29, 1.82) is 0 Å². The van der Waals surface area contributed by atoms with Gasteiger partial charge >= 0.3 is 11.6 Å². The molecule has 0 bridgehead atoms. The molecule has 1 aliphatic rings. The fraction of sp³-hybridized carbons (Fsp3) is 0.421. The molecule has 2 aromatic rings. The number of fused-ring (bicyclic) bond motifs is 3. The first-order chi connectivity index (χ1) is 12.4. The predicted octanol–water partition coefficient (Wildman–Crippen LogP) is 1.73. The molecule has 7 nitrogen and oxygen atoms in total. The first-order valence-corrected chi connectivity index (χ1v) is 8.60. The van der Waals surface area contributed by atoms with Gasteiger partial charge in [0.25, 0.3) is 5.91 Å². The Kier molecular flexibility index (Phi) is 5.25. The van der Waals surface area contributed by atoms with Crippen molar-refractivity contribution in [2.75, 3.05) is 13.2 Å². The lowest BCUT2D eigenvalue weighted by molar-refractivity contribution is -0.150. The molecule has 1 aromatic carbocycles. The Balaban J connectivity index is 1.61. The molecule has 7 heteroatoms.